The van der Waals surface area contributed by atoms with E-state index >= 15 is 0 Å². The smallest absolute Gasteiger partial charge is 0.219 e. The first-order valence-electron chi connectivity index (χ1n) is 6.10. The number of carbonyl (C=O) groups excluding carboxylic acids is 1. The maximum atomic E-state index is 11.3. The van der Waals surface area contributed by atoms with Crippen LogP contribution in [0.25, 0.3) is 0 Å². The van der Waals surface area contributed by atoms with Crippen molar-refractivity contribution in [1.29, 1.82) is 0 Å². The standard InChI is InChI=1S/C13H20N2O2/c1-10-6-13(17-9-10)8-14-4-5-15(12(3)16)7-11(14)2/h6,9,11H,4-5,7-8H2,1-3H3. The highest BCUT2D eigenvalue weighted by Crippen LogP contribution is 2.15. The van der Waals surface area contributed by atoms with Crippen LogP contribution in [0, 0.1) is 6.92 Å². The van der Waals surface area contributed by atoms with E-state index in [9.17, 15) is 4.79 Å². The first kappa shape index (κ1) is 12.2. The van der Waals surface area contributed by atoms with Gasteiger partial charge in [0.1, 0.15) is 5.76 Å². The molecule has 0 aromatic carbocycles. The molecule has 1 saturated heterocycles. The molecule has 4 nitrogen and oxygen atoms in total. The van der Waals surface area contributed by atoms with Gasteiger partial charge in [-0.25, -0.2) is 0 Å². The summed E-state index contributed by atoms with van der Waals surface area (Å²) >= 11 is 0. The van der Waals surface area contributed by atoms with Gasteiger partial charge < -0.3 is 9.32 Å². The highest BCUT2D eigenvalue weighted by Gasteiger charge is 2.25. The van der Waals surface area contributed by atoms with Gasteiger partial charge in [-0.15, -0.1) is 0 Å². The summed E-state index contributed by atoms with van der Waals surface area (Å²) in [5, 5.41) is 0. The van der Waals surface area contributed by atoms with Gasteiger partial charge in [-0.1, -0.05) is 0 Å². The van der Waals surface area contributed by atoms with E-state index in [1.807, 2.05) is 11.8 Å². The number of rotatable bonds is 2. The van der Waals surface area contributed by atoms with Gasteiger partial charge >= 0.3 is 0 Å². The fourth-order valence-corrected chi connectivity index (χ4v) is 2.29. The third-order valence-electron chi connectivity index (χ3n) is 3.35. The largest absolute Gasteiger partial charge is 0.468 e. The van der Waals surface area contributed by atoms with Crippen LogP contribution in [0.4, 0.5) is 0 Å². The normalized spacial score (nSPS) is 21.8. The Morgan fingerprint density at radius 2 is 2.29 bits per heavy atom. The summed E-state index contributed by atoms with van der Waals surface area (Å²) in [7, 11) is 0. The molecule has 2 heterocycles. The van der Waals surface area contributed by atoms with Crippen LogP contribution in [0.1, 0.15) is 25.2 Å². The third-order valence-corrected chi connectivity index (χ3v) is 3.35. The maximum Gasteiger partial charge on any atom is 0.219 e. The number of nitrogens with zero attached hydrogens (tertiary/aromatic N) is 2. The van der Waals surface area contributed by atoms with Gasteiger partial charge in [0, 0.05) is 32.6 Å². The molecular formula is C13H20N2O2. The van der Waals surface area contributed by atoms with Crippen LogP contribution in [0.3, 0.4) is 0 Å². The molecular weight excluding hydrogens is 216 g/mol. The topological polar surface area (TPSA) is 36.7 Å². The van der Waals surface area contributed by atoms with E-state index in [1.165, 1.54) is 0 Å². The van der Waals surface area contributed by atoms with Crippen LogP contribution in [0.5, 0.6) is 0 Å². The summed E-state index contributed by atoms with van der Waals surface area (Å²) in [5.41, 5.74) is 1.16. The number of piperazine rings is 1. The van der Waals surface area contributed by atoms with Crippen LogP contribution < -0.4 is 0 Å². The number of aryl methyl sites for hydroxylation is 1. The van der Waals surface area contributed by atoms with Gasteiger partial charge in [0.2, 0.25) is 5.91 Å². The molecule has 0 bridgehead atoms. The number of amides is 1. The molecule has 1 atom stereocenters. The zero-order chi connectivity index (χ0) is 12.4. The number of carbonyl (C=O) groups is 1. The van der Waals surface area contributed by atoms with E-state index in [-0.39, 0.29) is 5.91 Å². The van der Waals surface area contributed by atoms with E-state index in [1.54, 1.807) is 13.2 Å². The van der Waals surface area contributed by atoms with E-state index < -0.39 is 0 Å². The molecule has 94 valence electrons. The zero-order valence-electron chi connectivity index (χ0n) is 10.8. The molecule has 1 unspecified atom stereocenters. The molecule has 1 fully saturated rings. The van der Waals surface area contributed by atoms with Crippen LogP contribution in [0.2, 0.25) is 0 Å². The Bertz CT molecular complexity index is 400. The van der Waals surface area contributed by atoms with Crippen LogP contribution >= 0.6 is 0 Å². The minimum absolute atomic E-state index is 0.172. The number of furan rings is 1. The Hall–Kier alpha value is -1.29. The van der Waals surface area contributed by atoms with Gasteiger partial charge in [-0.05, 0) is 25.5 Å². The molecule has 1 amide bonds. The Morgan fingerprint density at radius 1 is 1.53 bits per heavy atom. The molecule has 2 rings (SSSR count). The second-order valence-electron chi connectivity index (χ2n) is 4.87. The fraction of sp³-hybridized carbons (Fsp3) is 0.615. The predicted molar refractivity (Wildman–Crippen MR) is 65.6 cm³/mol. The molecule has 1 aliphatic rings. The van der Waals surface area contributed by atoms with E-state index in [0.717, 1.165) is 37.5 Å². The first-order chi connectivity index (χ1) is 8.06. The monoisotopic (exact) mass is 236 g/mol. The van der Waals surface area contributed by atoms with Crippen molar-refractivity contribution < 1.29 is 9.21 Å². The quantitative estimate of drug-likeness (QED) is 0.783. The Morgan fingerprint density at radius 3 is 2.82 bits per heavy atom. The molecule has 0 saturated carbocycles. The van der Waals surface area contributed by atoms with Crippen molar-refractivity contribution in [3.63, 3.8) is 0 Å². The fourth-order valence-electron chi connectivity index (χ4n) is 2.29. The second-order valence-corrected chi connectivity index (χ2v) is 4.87. The Labute approximate surface area is 102 Å². The average molecular weight is 236 g/mol. The molecule has 1 aliphatic heterocycles. The van der Waals surface area contributed by atoms with Gasteiger partial charge in [-0.2, -0.15) is 0 Å². The molecule has 1 aromatic heterocycles. The van der Waals surface area contributed by atoms with Crippen molar-refractivity contribution in [2.45, 2.75) is 33.4 Å². The predicted octanol–water partition coefficient (Wildman–Crippen LogP) is 1.64. The first-order valence-corrected chi connectivity index (χ1v) is 6.10. The lowest BCUT2D eigenvalue weighted by molar-refractivity contribution is -0.131. The minimum Gasteiger partial charge on any atom is -0.468 e. The lowest BCUT2D eigenvalue weighted by Crippen LogP contribution is -2.52. The van der Waals surface area contributed by atoms with Gasteiger partial charge in [0.25, 0.3) is 0 Å². The molecule has 0 spiro atoms. The summed E-state index contributed by atoms with van der Waals surface area (Å²) in [6.07, 6.45) is 1.78. The van der Waals surface area contributed by atoms with E-state index in [0.29, 0.717) is 6.04 Å². The van der Waals surface area contributed by atoms with Crippen LogP contribution in [-0.2, 0) is 11.3 Å². The van der Waals surface area contributed by atoms with E-state index in [4.69, 9.17) is 4.42 Å². The van der Waals surface area contributed by atoms with Crippen molar-refractivity contribution in [1.82, 2.24) is 9.80 Å². The molecule has 1 aromatic rings. The van der Waals surface area contributed by atoms with Gasteiger partial charge in [-0.3, -0.25) is 9.69 Å². The van der Waals surface area contributed by atoms with Gasteiger partial charge in [0.15, 0.2) is 0 Å². The van der Waals surface area contributed by atoms with Crippen molar-refractivity contribution >= 4 is 5.91 Å². The third kappa shape index (κ3) is 2.88. The number of hydrogen-bond acceptors (Lipinski definition) is 3. The van der Waals surface area contributed by atoms with Crippen molar-refractivity contribution in [3.8, 4) is 0 Å². The summed E-state index contributed by atoms with van der Waals surface area (Å²) < 4.78 is 5.47. The second kappa shape index (κ2) is 4.92. The maximum absolute atomic E-state index is 11.3. The molecule has 0 aliphatic carbocycles. The van der Waals surface area contributed by atoms with Gasteiger partial charge in [0.05, 0.1) is 12.8 Å². The summed E-state index contributed by atoms with van der Waals surface area (Å²) in [6.45, 7) is 9.21. The van der Waals surface area contributed by atoms with E-state index in [2.05, 4.69) is 17.9 Å². The Balaban J connectivity index is 1.93. The highest BCUT2D eigenvalue weighted by molar-refractivity contribution is 5.73. The van der Waals surface area contributed by atoms with Crippen LogP contribution in [-0.4, -0.2) is 41.4 Å². The molecule has 17 heavy (non-hydrogen) atoms. The Kier molecular flexibility index (Phi) is 3.52. The number of hydrogen-bond donors (Lipinski definition) is 0. The van der Waals surface area contributed by atoms with Crippen molar-refractivity contribution in [2.24, 2.45) is 0 Å². The van der Waals surface area contributed by atoms with Crippen molar-refractivity contribution in [3.05, 3.63) is 23.7 Å². The molecule has 0 N–H and O–H groups in total. The SMILES string of the molecule is CC(=O)N1CCN(Cc2cc(C)co2)C(C)C1. The van der Waals surface area contributed by atoms with Crippen molar-refractivity contribution in [2.75, 3.05) is 19.6 Å². The lowest BCUT2D eigenvalue weighted by atomic mass is 10.2. The summed E-state index contributed by atoms with van der Waals surface area (Å²) in [5.74, 6) is 1.18. The zero-order valence-corrected chi connectivity index (χ0v) is 10.8. The highest BCUT2D eigenvalue weighted by atomic mass is 16.3. The minimum atomic E-state index is 0.172. The molecule has 4 heteroatoms. The van der Waals surface area contributed by atoms with Crippen LogP contribution in [0.15, 0.2) is 16.7 Å². The molecule has 0 radical (unpaired) electrons. The summed E-state index contributed by atoms with van der Waals surface area (Å²) in [4.78, 5) is 15.6. The average Bonchev–Trinajstić information content (AvgIpc) is 2.67. The lowest BCUT2D eigenvalue weighted by Gasteiger charge is -2.39. The summed E-state index contributed by atoms with van der Waals surface area (Å²) in [6, 6.07) is 2.46.